The van der Waals surface area contributed by atoms with Gasteiger partial charge < -0.3 is 9.64 Å². The third-order valence-corrected chi connectivity index (χ3v) is 4.21. The minimum Gasteiger partial charge on any atom is -0.492 e. The van der Waals surface area contributed by atoms with Gasteiger partial charge in [-0.3, -0.25) is 9.88 Å². The molecule has 1 aliphatic heterocycles. The van der Waals surface area contributed by atoms with Gasteiger partial charge >= 0.3 is 0 Å². The van der Waals surface area contributed by atoms with Crippen LogP contribution < -0.4 is 9.64 Å². The van der Waals surface area contributed by atoms with E-state index in [9.17, 15) is 0 Å². The van der Waals surface area contributed by atoms with Gasteiger partial charge in [-0.25, -0.2) is 4.98 Å². The fourth-order valence-corrected chi connectivity index (χ4v) is 2.78. The molecule has 122 valence electrons. The van der Waals surface area contributed by atoms with Crippen LogP contribution in [0.25, 0.3) is 0 Å². The molecule has 1 fully saturated rings. The maximum atomic E-state index is 5.89. The number of halogens is 2. The largest absolute Gasteiger partial charge is 0.492 e. The first kappa shape index (κ1) is 16.3. The Hall–Kier alpha value is -1.56. The predicted molar refractivity (Wildman–Crippen MR) is 92.6 cm³/mol. The van der Waals surface area contributed by atoms with Gasteiger partial charge in [0.25, 0.3) is 0 Å². The highest BCUT2D eigenvalue weighted by molar-refractivity contribution is 6.30. The van der Waals surface area contributed by atoms with E-state index in [2.05, 4.69) is 19.8 Å². The lowest BCUT2D eigenvalue weighted by molar-refractivity contribution is 0.200. The van der Waals surface area contributed by atoms with Crippen LogP contribution >= 0.6 is 23.2 Å². The van der Waals surface area contributed by atoms with Crippen LogP contribution in [0.1, 0.15) is 0 Å². The molecule has 3 rings (SSSR count). The summed E-state index contributed by atoms with van der Waals surface area (Å²) in [4.78, 5) is 13.0. The maximum Gasteiger partial charge on any atom is 0.149 e. The number of piperazine rings is 1. The van der Waals surface area contributed by atoms with Gasteiger partial charge in [0.1, 0.15) is 23.3 Å². The fraction of sp³-hybridized carbons (Fsp3) is 0.375. The molecule has 1 aromatic heterocycles. The molecule has 0 N–H and O–H groups in total. The Morgan fingerprint density at radius 3 is 2.43 bits per heavy atom. The molecule has 1 aliphatic rings. The quantitative estimate of drug-likeness (QED) is 0.827. The van der Waals surface area contributed by atoms with Gasteiger partial charge in [-0.2, -0.15) is 0 Å². The number of aromatic nitrogens is 2. The lowest BCUT2D eigenvalue weighted by Gasteiger charge is -2.35. The molecule has 2 heterocycles. The van der Waals surface area contributed by atoms with E-state index >= 15 is 0 Å². The number of nitrogens with zero attached hydrogens (tertiary/aromatic N) is 4. The Morgan fingerprint density at radius 1 is 1.00 bits per heavy atom. The zero-order valence-corrected chi connectivity index (χ0v) is 14.2. The van der Waals surface area contributed by atoms with Gasteiger partial charge in [0.05, 0.1) is 12.4 Å². The standard InChI is InChI=1S/C16H18Cl2N4O/c17-13-1-3-14(4-2-13)23-10-9-21-5-7-22(8-6-21)16-12-19-11-15(18)20-16/h1-4,11-12H,5-10H2. The molecular weight excluding hydrogens is 335 g/mol. The summed E-state index contributed by atoms with van der Waals surface area (Å²) in [6.07, 6.45) is 3.31. The summed E-state index contributed by atoms with van der Waals surface area (Å²) in [6, 6.07) is 7.44. The first-order chi connectivity index (χ1) is 11.2. The van der Waals surface area contributed by atoms with Crippen LogP contribution in [0.3, 0.4) is 0 Å². The van der Waals surface area contributed by atoms with Crippen LogP contribution in [0.4, 0.5) is 5.82 Å². The average Bonchev–Trinajstić information content (AvgIpc) is 2.57. The minimum atomic E-state index is 0.432. The highest BCUT2D eigenvalue weighted by Gasteiger charge is 2.18. The molecule has 0 unspecified atom stereocenters. The van der Waals surface area contributed by atoms with Crippen molar-refractivity contribution in [1.82, 2.24) is 14.9 Å². The van der Waals surface area contributed by atoms with Crippen LogP contribution in [0.2, 0.25) is 10.2 Å². The van der Waals surface area contributed by atoms with Crippen molar-refractivity contribution in [3.63, 3.8) is 0 Å². The number of rotatable bonds is 5. The molecule has 0 atom stereocenters. The summed E-state index contributed by atoms with van der Waals surface area (Å²) in [6.45, 7) is 5.33. The average molecular weight is 353 g/mol. The van der Waals surface area contributed by atoms with Gasteiger partial charge in [0.15, 0.2) is 0 Å². The topological polar surface area (TPSA) is 41.5 Å². The smallest absolute Gasteiger partial charge is 0.149 e. The SMILES string of the molecule is Clc1ccc(OCCN2CCN(c3cncc(Cl)n3)CC2)cc1. The summed E-state index contributed by atoms with van der Waals surface area (Å²) in [5.74, 6) is 1.69. The van der Waals surface area contributed by atoms with E-state index in [-0.39, 0.29) is 0 Å². The van der Waals surface area contributed by atoms with E-state index in [0.717, 1.165) is 49.3 Å². The first-order valence-electron chi connectivity index (χ1n) is 7.54. The normalized spacial score (nSPS) is 15.7. The van der Waals surface area contributed by atoms with Crippen molar-refractivity contribution < 1.29 is 4.74 Å². The van der Waals surface area contributed by atoms with Gasteiger partial charge in [0.2, 0.25) is 0 Å². The summed E-state index contributed by atoms with van der Waals surface area (Å²) in [5.41, 5.74) is 0. The van der Waals surface area contributed by atoms with Crippen LogP contribution in [-0.4, -0.2) is 54.2 Å². The molecule has 2 aromatic rings. The summed E-state index contributed by atoms with van der Waals surface area (Å²) >= 11 is 11.7. The third-order valence-electron chi connectivity index (χ3n) is 3.78. The van der Waals surface area contributed by atoms with E-state index in [1.54, 1.807) is 12.4 Å². The fourth-order valence-electron chi connectivity index (χ4n) is 2.51. The first-order valence-corrected chi connectivity index (χ1v) is 8.29. The maximum absolute atomic E-state index is 5.89. The highest BCUT2D eigenvalue weighted by Crippen LogP contribution is 2.16. The van der Waals surface area contributed by atoms with Crippen LogP contribution in [0.15, 0.2) is 36.7 Å². The van der Waals surface area contributed by atoms with Gasteiger partial charge in [-0.1, -0.05) is 23.2 Å². The van der Waals surface area contributed by atoms with E-state index < -0.39 is 0 Å². The zero-order valence-electron chi connectivity index (χ0n) is 12.7. The van der Waals surface area contributed by atoms with Crippen molar-refractivity contribution in [3.05, 3.63) is 46.8 Å². The lowest BCUT2D eigenvalue weighted by atomic mass is 10.3. The Labute approximate surface area is 145 Å². The molecule has 7 heteroatoms. The van der Waals surface area contributed by atoms with Gasteiger partial charge in [0, 0.05) is 37.7 Å². The molecule has 0 radical (unpaired) electrons. The predicted octanol–water partition coefficient (Wildman–Crippen LogP) is 2.98. The van der Waals surface area contributed by atoms with Crippen molar-refractivity contribution in [2.24, 2.45) is 0 Å². The Morgan fingerprint density at radius 2 is 1.74 bits per heavy atom. The molecule has 0 amide bonds. The Bertz CT molecular complexity index is 630. The van der Waals surface area contributed by atoms with Crippen molar-refractivity contribution in [2.75, 3.05) is 44.2 Å². The second kappa shape index (κ2) is 7.81. The van der Waals surface area contributed by atoms with Crippen molar-refractivity contribution in [1.29, 1.82) is 0 Å². The number of benzene rings is 1. The number of ether oxygens (including phenoxy) is 1. The van der Waals surface area contributed by atoms with Crippen molar-refractivity contribution in [2.45, 2.75) is 0 Å². The molecular formula is C16H18Cl2N4O. The molecule has 0 aliphatic carbocycles. The Kier molecular flexibility index (Phi) is 5.54. The van der Waals surface area contributed by atoms with Gasteiger partial charge in [-0.05, 0) is 24.3 Å². The molecule has 0 bridgehead atoms. The Balaban J connectivity index is 1.41. The molecule has 0 saturated carbocycles. The van der Waals surface area contributed by atoms with E-state index in [1.165, 1.54) is 0 Å². The second-order valence-corrected chi connectivity index (χ2v) is 6.15. The van der Waals surface area contributed by atoms with Crippen molar-refractivity contribution >= 4 is 29.0 Å². The zero-order chi connectivity index (χ0) is 16.1. The molecule has 0 spiro atoms. The summed E-state index contributed by atoms with van der Waals surface area (Å²) in [7, 11) is 0. The monoisotopic (exact) mass is 352 g/mol. The highest BCUT2D eigenvalue weighted by atomic mass is 35.5. The molecule has 5 nitrogen and oxygen atoms in total. The molecule has 23 heavy (non-hydrogen) atoms. The summed E-state index contributed by atoms with van der Waals surface area (Å²) < 4.78 is 5.74. The second-order valence-electron chi connectivity index (χ2n) is 5.33. The van der Waals surface area contributed by atoms with Crippen LogP contribution in [0, 0.1) is 0 Å². The van der Waals surface area contributed by atoms with Crippen LogP contribution in [-0.2, 0) is 0 Å². The third kappa shape index (κ3) is 4.70. The summed E-state index contributed by atoms with van der Waals surface area (Å²) in [5, 5.41) is 1.15. The van der Waals surface area contributed by atoms with Gasteiger partial charge in [-0.15, -0.1) is 0 Å². The molecule has 1 aromatic carbocycles. The molecule has 1 saturated heterocycles. The number of hydrogen-bond acceptors (Lipinski definition) is 5. The number of hydrogen-bond donors (Lipinski definition) is 0. The van der Waals surface area contributed by atoms with E-state index in [1.807, 2.05) is 24.3 Å². The minimum absolute atomic E-state index is 0.432. The van der Waals surface area contributed by atoms with Crippen molar-refractivity contribution in [3.8, 4) is 5.75 Å². The van der Waals surface area contributed by atoms with E-state index in [4.69, 9.17) is 27.9 Å². The van der Waals surface area contributed by atoms with Crippen LogP contribution in [0.5, 0.6) is 5.75 Å². The lowest BCUT2D eigenvalue weighted by Crippen LogP contribution is -2.47. The number of anilines is 1. The van der Waals surface area contributed by atoms with E-state index in [0.29, 0.717) is 11.8 Å².